The number of carbonyl (C=O) groups excluding carboxylic acids is 1. The summed E-state index contributed by atoms with van der Waals surface area (Å²) in [4.78, 5) is 14.8. The second kappa shape index (κ2) is 3.31. The quantitative estimate of drug-likeness (QED) is 0.628. The minimum atomic E-state index is -0.448. The molecule has 4 aliphatic rings. The number of carbonyl (C=O) groups is 1. The summed E-state index contributed by atoms with van der Waals surface area (Å²) in [7, 11) is 0. The van der Waals surface area contributed by atoms with Crippen molar-refractivity contribution in [1.29, 1.82) is 0 Å². The zero-order valence-corrected chi connectivity index (χ0v) is 10.1. The van der Waals surface area contributed by atoms with Crippen LogP contribution < -0.4 is 0 Å². The summed E-state index contributed by atoms with van der Waals surface area (Å²) in [6.07, 6.45) is 4.78. The van der Waals surface area contributed by atoms with Crippen molar-refractivity contribution in [2.75, 3.05) is 26.3 Å². The molecule has 4 heteroatoms. The fourth-order valence-corrected chi connectivity index (χ4v) is 4.16. The molecule has 0 aromatic carbocycles. The molecule has 3 heterocycles. The Kier molecular flexibility index (Phi) is 2.04. The van der Waals surface area contributed by atoms with Crippen LogP contribution in [-0.4, -0.2) is 48.8 Å². The lowest BCUT2D eigenvalue weighted by Gasteiger charge is -2.37. The van der Waals surface area contributed by atoms with E-state index in [1.165, 1.54) is 0 Å². The van der Waals surface area contributed by atoms with Crippen LogP contribution in [-0.2, 0) is 14.3 Å². The number of nitrogens with zero attached hydrogens (tertiary/aromatic N) is 1. The van der Waals surface area contributed by atoms with Crippen molar-refractivity contribution < 1.29 is 14.3 Å². The summed E-state index contributed by atoms with van der Waals surface area (Å²) in [5.41, 5.74) is -0.114. The van der Waals surface area contributed by atoms with Crippen LogP contribution in [0.25, 0.3) is 0 Å². The van der Waals surface area contributed by atoms with Crippen LogP contribution in [0, 0.1) is 5.41 Å². The van der Waals surface area contributed by atoms with E-state index in [1.54, 1.807) is 0 Å². The van der Waals surface area contributed by atoms with Crippen LogP contribution in [0.1, 0.15) is 32.1 Å². The highest BCUT2D eigenvalue weighted by molar-refractivity contribution is 5.88. The second-order valence-electron chi connectivity index (χ2n) is 5.88. The maximum atomic E-state index is 12.3. The normalized spacial score (nSPS) is 38.6. The van der Waals surface area contributed by atoms with E-state index in [0.29, 0.717) is 19.0 Å². The molecular weight excluding hydrogens is 218 g/mol. The molecule has 0 radical (unpaired) electrons. The molecule has 0 bridgehead atoms. The van der Waals surface area contributed by atoms with Crippen molar-refractivity contribution in [2.24, 2.45) is 5.41 Å². The van der Waals surface area contributed by atoms with Gasteiger partial charge in [-0.05, 0) is 25.8 Å². The van der Waals surface area contributed by atoms with Gasteiger partial charge in [0.1, 0.15) is 5.78 Å². The molecule has 1 unspecified atom stereocenters. The van der Waals surface area contributed by atoms with Crippen LogP contribution in [0.2, 0.25) is 0 Å². The molecule has 1 aliphatic carbocycles. The predicted molar refractivity (Wildman–Crippen MR) is 60.5 cm³/mol. The summed E-state index contributed by atoms with van der Waals surface area (Å²) in [6.45, 7) is 3.44. The highest BCUT2D eigenvalue weighted by Crippen LogP contribution is 2.59. The Bertz CT molecular complexity index is 358. The van der Waals surface area contributed by atoms with Crippen molar-refractivity contribution in [3.05, 3.63) is 0 Å². The summed E-state index contributed by atoms with van der Waals surface area (Å²) in [5.74, 6) is 0.0154. The van der Waals surface area contributed by atoms with E-state index in [9.17, 15) is 4.79 Å². The SMILES string of the molecule is O=C1CCCN2CCC3(OCCO3)C2C12CC2. The molecule has 4 nitrogen and oxygen atoms in total. The maximum Gasteiger partial charge on any atom is 0.186 e. The minimum Gasteiger partial charge on any atom is -0.346 e. The van der Waals surface area contributed by atoms with Gasteiger partial charge in [0.15, 0.2) is 5.79 Å². The van der Waals surface area contributed by atoms with Crippen molar-refractivity contribution in [2.45, 2.75) is 43.9 Å². The van der Waals surface area contributed by atoms with Crippen molar-refractivity contribution in [3.8, 4) is 0 Å². The number of hydrogen-bond acceptors (Lipinski definition) is 4. The summed E-state index contributed by atoms with van der Waals surface area (Å²) in [6, 6.07) is 0.201. The topological polar surface area (TPSA) is 38.8 Å². The third-order valence-electron chi connectivity index (χ3n) is 5.02. The van der Waals surface area contributed by atoms with Crippen molar-refractivity contribution in [1.82, 2.24) is 4.90 Å². The van der Waals surface area contributed by atoms with Gasteiger partial charge in [0, 0.05) is 24.8 Å². The minimum absolute atomic E-state index is 0.114. The van der Waals surface area contributed by atoms with E-state index in [-0.39, 0.29) is 11.5 Å². The Morgan fingerprint density at radius 3 is 2.59 bits per heavy atom. The highest BCUT2D eigenvalue weighted by atomic mass is 16.7. The van der Waals surface area contributed by atoms with Crippen LogP contribution in [0.15, 0.2) is 0 Å². The Morgan fingerprint density at radius 1 is 1.12 bits per heavy atom. The Balaban J connectivity index is 1.76. The first kappa shape index (κ1) is 10.5. The average molecular weight is 237 g/mol. The molecule has 4 fully saturated rings. The van der Waals surface area contributed by atoms with Gasteiger partial charge in [-0.2, -0.15) is 0 Å². The van der Waals surface area contributed by atoms with Gasteiger partial charge in [-0.3, -0.25) is 9.69 Å². The Morgan fingerprint density at radius 2 is 1.88 bits per heavy atom. The molecule has 3 saturated heterocycles. The summed E-state index contributed by atoms with van der Waals surface area (Å²) >= 11 is 0. The van der Waals surface area contributed by atoms with Gasteiger partial charge in [-0.1, -0.05) is 0 Å². The number of fused-ring (bicyclic) bond motifs is 3. The monoisotopic (exact) mass is 237 g/mol. The molecule has 2 spiro atoms. The average Bonchev–Trinajstić information content (AvgIpc) is 2.90. The third kappa shape index (κ3) is 1.26. The molecule has 1 atom stereocenters. The molecule has 0 amide bonds. The number of Topliss-reactive ketones (excluding diaryl/α,β-unsaturated/α-hetero) is 1. The lowest BCUT2D eigenvalue weighted by Crippen LogP contribution is -2.52. The fraction of sp³-hybridized carbons (Fsp3) is 0.923. The molecule has 94 valence electrons. The van der Waals surface area contributed by atoms with Crippen LogP contribution in [0.3, 0.4) is 0 Å². The van der Waals surface area contributed by atoms with Gasteiger partial charge in [-0.25, -0.2) is 0 Å². The lowest BCUT2D eigenvalue weighted by atomic mass is 9.85. The molecule has 0 N–H and O–H groups in total. The Hall–Kier alpha value is -0.450. The molecule has 4 rings (SSSR count). The molecular formula is C13H19NO3. The zero-order valence-electron chi connectivity index (χ0n) is 10.1. The number of ketones is 1. The summed E-state index contributed by atoms with van der Waals surface area (Å²) in [5, 5.41) is 0. The Labute approximate surface area is 101 Å². The van der Waals surface area contributed by atoms with Crippen LogP contribution in [0.4, 0.5) is 0 Å². The first-order valence-electron chi connectivity index (χ1n) is 6.82. The van der Waals surface area contributed by atoms with Crippen molar-refractivity contribution in [3.63, 3.8) is 0 Å². The first-order valence-corrected chi connectivity index (χ1v) is 6.82. The van der Waals surface area contributed by atoms with E-state index < -0.39 is 5.79 Å². The molecule has 3 aliphatic heterocycles. The molecule has 1 saturated carbocycles. The third-order valence-corrected chi connectivity index (χ3v) is 5.02. The largest absolute Gasteiger partial charge is 0.346 e. The van der Waals surface area contributed by atoms with Crippen molar-refractivity contribution >= 4 is 5.78 Å². The van der Waals surface area contributed by atoms with Gasteiger partial charge in [-0.15, -0.1) is 0 Å². The molecule has 0 aromatic rings. The van der Waals surface area contributed by atoms with E-state index in [4.69, 9.17) is 9.47 Å². The first-order chi connectivity index (χ1) is 8.27. The number of rotatable bonds is 0. The van der Waals surface area contributed by atoms with Crippen LogP contribution >= 0.6 is 0 Å². The van der Waals surface area contributed by atoms with Gasteiger partial charge in [0.25, 0.3) is 0 Å². The van der Waals surface area contributed by atoms with E-state index in [1.807, 2.05) is 0 Å². The second-order valence-corrected chi connectivity index (χ2v) is 5.88. The highest BCUT2D eigenvalue weighted by Gasteiger charge is 2.68. The van der Waals surface area contributed by atoms with E-state index in [2.05, 4.69) is 4.90 Å². The number of ether oxygens (including phenoxy) is 2. The smallest absolute Gasteiger partial charge is 0.186 e. The predicted octanol–water partition coefficient (Wildman–Crippen LogP) is 0.947. The van der Waals surface area contributed by atoms with E-state index in [0.717, 1.165) is 45.2 Å². The standard InChI is InChI=1S/C13H19NO3/c15-10-2-1-6-14-7-5-13(16-8-9-17-13)11(14)12(10)3-4-12/h11H,1-9H2. The molecule has 0 aromatic heterocycles. The summed E-state index contributed by atoms with van der Waals surface area (Å²) < 4.78 is 11.9. The van der Waals surface area contributed by atoms with Crippen LogP contribution in [0.5, 0.6) is 0 Å². The lowest BCUT2D eigenvalue weighted by molar-refractivity contribution is -0.188. The zero-order chi connectivity index (χ0) is 11.5. The van der Waals surface area contributed by atoms with Gasteiger partial charge in [0.05, 0.1) is 19.3 Å². The fourth-order valence-electron chi connectivity index (χ4n) is 4.16. The van der Waals surface area contributed by atoms with Gasteiger partial charge >= 0.3 is 0 Å². The maximum absolute atomic E-state index is 12.3. The number of hydrogen-bond donors (Lipinski definition) is 0. The van der Waals surface area contributed by atoms with Gasteiger partial charge in [0.2, 0.25) is 0 Å². The van der Waals surface area contributed by atoms with E-state index >= 15 is 0 Å². The van der Waals surface area contributed by atoms with Gasteiger partial charge < -0.3 is 9.47 Å². The molecule has 17 heavy (non-hydrogen) atoms.